The van der Waals surface area contributed by atoms with Crippen LogP contribution in [-0.2, 0) is 4.79 Å². The second-order valence-electron chi connectivity index (χ2n) is 1.29. The van der Waals surface area contributed by atoms with E-state index in [4.69, 9.17) is 15.8 Å². The van der Waals surface area contributed by atoms with Crippen LogP contribution in [0.2, 0.25) is 0 Å². The maximum Gasteiger partial charge on any atom is 0.231 e. The SMILES string of the molecule is N#CCC#N.N#CCC(N)=O. The van der Waals surface area contributed by atoms with Crippen molar-refractivity contribution in [1.29, 1.82) is 15.8 Å². The molecule has 56 valence electrons. The number of nitrogens with two attached hydrogens (primary N) is 1. The van der Waals surface area contributed by atoms with Gasteiger partial charge in [-0.05, 0) is 0 Å². The lowest BCUT2D eigenvalue weighted by molar-refractivity contribution is -0.117. The van der Waals surface area contributed by atoms with Crippen molar-refractivity contribution in [3.8, 4) is 18.2 Å². The van der Waals surface area contributed by atoms with E-state index in [1.807, 2.05) is 0 Å². The molecule has 0 aliphatic rings. The summed E-state index contributed by atoms with van der Waals surface area (Å²) in [5.41, 5.74) is 4.54. The largest absolute Gasteiger partial charge is 0.369 e. The number of carbonyl (C=O) groups is 1. The van der Waals surface area contributed by atoms with Crippen LogP contribution in [0.3, 0.4) is 0 Å². The molecule has 1 amide bonds. The van der Waals surface area contributed by atoms with Crippen molar-refractivity contribution in [2.45, 2.75) is 12.8 Å². The van der Waals surface area contributed by atoms with Crippen molar-refractivity contribution >= 4 is 5.91 Å². The Balaban J connectivity index is 0. The van der Waals surface area contributed by atoms with Crippen molar-refractivity contribution in [2.75, 3.05) is 0 Å². The smallest absolute Gasteiger partial charge is 0.231 e. The molecular formula is C6H6N4O. The van der Waals surface area contributed by atoms with E-state index < -0.39 is 5.91 Å². The molecule has 0 saturated carbocycles. The Morgan fingerprint density at radius 2 is 1.64 bits per heavy atom. The molecule has 0 aromatic rings. The quantitative estimate of drug-likeness (QED) is 0.557. The van der Waals surface area contributed by atoms with Crippen LogP contribution in [-0.4, -0.2) is 5.91 Å². The van der Waals surface area contributed by atoms with Crippen LogP contribution in [0.15, 0.2) is 0 Å². The van der Waals surface area contributed by atoms with E-state index in [1.165, 1.54) is 0 Å². The van der Waals surface area contributed by atoms with Gasteiger partial charge in [-0.3, -0.25) is 4.79 Å². The normalized spacial score (nSPS) is 5.55. The van der Waals surface area contributed by atoms with Gasteiger partial charge in [0.2, 0.25) is 5.91 Å². The molecule has 0 spiro atoms. The number of nitrogens with zero attached hydrogens (tertiary/aromatic N) is 3. The van der Waals surface area contributed by atoms with E-state index in [0.29, 0.717) is 0 Å². The first-order chi connectivity index (χ1) is 5.18. The highest BCUT2D eigenvalue weighted by molar-refractivity contribution is 5.75. The third-order valence-electron chi connectivity index (χ3n) is 0.411. The first-order valence-electron chi connectivity index (χ1n) is 2.58. The average Bonchev–Trinajstić information content (AvgIpc) is 1.90. The minimum Gasteiger partial charge on any atom is -0.369 e. The minimum absolute atomic E-state index is 0. The molecule has 0 atom stereocenters. The van der Waals surface area contributed by atoms with Crippen LogP contribution < -0.4 is 5.73 Å². The molecule has 0 aromatic heterocycles. The number of rotatable bonds is 1. The van der Waals surface area contributed by atoms with Gasteiger partial charge >= 0.3 is 0 Å². The van der Waals surface area contributed by atoms with Gasteiger partial charge in [0.25, 0.3) is 0 Å². The van der Waals surface area contributed by atoms with E-state index >= 15 is 0 Å². The zero-order valence-electron chi connectivity index (χ0n) is 5.74. The van der Waals surface area contributed by atoms with Crippen LogP contribution in [0.5, 0.6) is 0 Å². The molecule has 0 unspecified atom stereocenters. The molecule has 0 saturated heterocycles. The van der Waals surface area contributed by atoms with Crippen LogP contribution in [0.25, 0.3) is 0 Å². The molecule has 0 bridgehead atoms. The molecule has 0 aromatic carbocycles. The predicted octanol–water partition coefficient (Wildman–Crippen LogP) is -0.191. The molecule has 5 nitrogen and oxygen atoms in total. The summed E-state index contributed by atoms with van der Waals surface area (Å²) in [4.78, 5) is 9.60. The number of hydrogen-bond donors (Lipinski definition) is 1. The van der Waals surface area contributed by atoms with Gasteiger partial charge in [-0.25, -0.2) is 0 Å². The predicted molar refractivity (Wildman–Crippen MR) is 35.3 cm³/mol. The zero-order valence-corrected chi connectivity index (χ0v) is 5.74. The molecule has 2 N–H and O–H groups in total. The van der Waals surface area contributed by atoms with Crippen molar-refractivity contribution in [3.63, 3.8) is 0 Å². The van der Waals surface area contributed by atoms with E-state index in [2.05, 4.69) is 5.73 Å². The van der Waals surface area contributed by atoms with Gasteiger partial charge in [0.15, 0.2) is 0 Å². The highest BCUT2D eigenvalue weighted by Crippen LogP contribution is 1.64. The standard InChI is InChI=1S/C3H4N2O.C3H2N2/c4-2-1-3(5)6;4-2-1-3-5/h1H2,(H2,5,6);1H2. The summed E-state index contributed by atoms with van der Waals surface area (Å²) in [7, 11) is 0. The third-order valence-corrected chi connectivity index (χ3v) is 0.411. The number of nitriles is 3. The second-order valence-corrected chi connectivity index (χ2v) is 1.29. The van der Waals surface area contributed by atoms with E-state index in [0.717, 1.165) is 0 Å². The van der Waals surface area contributed by atoms with E-state index in [-0.39, 0.29) is 12.8 Å². The Bertz CT molecular complexity index is 214. The van der Waals surface area contributed by atoms with Crippen molar-refractivity contribution in [3.05, 3.63) is 0 Å². The monoisotopic (exact) mass is 150 g/mol. The molecule has 0 rings (SSSR count). The Morgan fingerprint density at radius 1 is 1.18 bits per heavy atom. The third kappa shape index (κ3) is 32.4. The first-order valence-corrected chi connectivity index (χ1v) is 2.58. The molecule has 0 aliphatic heterocycles. The number of amides is 1. The molecular weight excluding hydrogens is 144 g/mol. The fraction of sp³-hybridized carbons (Fsp3) is 0.333. The van der Waals surface area contributed by atoms with Gasteiger partial charge in [-0.15, -0.1) is 0 Å². The summed E-state index contributed by atoms with van der Waals surface area (Å²) in [5, 5.41) is 22.9. The maximum atomic E-state index is 9.60. The van der Waals surface area contributed by atoms with Crippen molar-refractivity contribution in [2.24, 2.45) is 5.73 Å². The second kappa shape index (κ2) is 10.8. The van der Waals surface area contributed by atoms with E-state index in [1.54, 1.807) is 18.2 Å². The molecule has 5 heteroatoms. The average molecular weight is 150 g/mol. The number of primary amides is 1. The fourth-order valence-corrected chi connectivity index (χ4v) is 0.113. The highest BCUT2D eigenvalue weighted by Gasteiger charge is 1.84. The summed E-state index contributed by atoms with van der Waals surface area (Å²) in [5.74, 6) is -0.572. The minimum atomic E-state index is -0.572. The van der Waals surface area contributed by atoms with Gasteiger partial charge in [0, 0.05) is 0 Å². The Labute approximate surface area is 64.2 Å². The first kappa shape index (κ1) is 11.7. The number of carbonyl (C=O) groups excluding carboxylic acids is 1. The van der Waals surface area contributed by atoms with Gasteiger partial charge in [0.05, 0.1) is 18.2 Å². The van der Waals surface area contributed by atoms with Crippen LogP contribution in [0, 0.1) is 34.0 Å². The van der Waals surface area contributed by atoms with Gasteiger partial charge in [-0.2, -0.15) is 15.8 Å². The molecule has 0 heterocycles. The Hall–Kier alpha value is -2.06. The number of hydrogen-bond acceptors (Lipinski definition) is 4. The van der Waals surface area contributed by atoms with Crippen molar-refractivity contribution < 1.29 is 4.79 Å². The van der Waals surface area contributed by atoms with Gasteiger partial charge in [-0.1, -0.05) is 0 Å². The highest BCUT2D eigenvalue weighted by atomic mass is 16.1. The van der Waals surface area contributed by atoms with Gasteiger partial charge in [0.1, 0.15) is 12.8 Å². The molecule has 0 aliphatic carbocycles. The summed E-state index contributed by atoms with van der Waals surface area (Å²) in [6.07, 6.45) is -0.181. The lowest BCUT2D eigenvalue weighted by Crippen LogP contribution is -2.07. The van der Waals surface area contributed by atoms with Gasteiger partial charge < -0.3 is 5.73 Å². The molecule has 0 radical (unpaired) electrons. The molecule has 0 fully saturated rings. The Kier molecular flexibility index (Phi) is 11.5. The zero-order chi connectivity index (χ0) is 9.11. The maximum absolute atomic E-state index is 9.60. The summed E-state index contributed by atoms with van der Waals surface area (Å²) < 4.78 is 0. The van der Waals surface area contributed by atoms with Crippen LogP contribution >= 0.6 is 0 Å². The lowest BCUT2D eigenvalue weighted by atomic mass is 10.5. The van der Waals surface area contributed by atoms with E-state index in [9.17, 15) is 4.79 Å². The van der Waals surface area contributed by atoms with Crippen LogP contribution in [0.4, 0.5) is 0 Å². The van der Waals surface area contributed by atoms with Crippen LogP contribution in [0.1, 0.15) is 12.8 Å². The molecule has 11 heavy (non-hydrogen) atoms. The fourth-order valence-electron chi connectivity index (χ4n) is 0.113. The lowest BCUT2D eigenvalue weighted by Gasteiger charge is -1.71. The summed E-state index contributed by atoms with van der Waals surface area (Å²) >= 11 is 0. The summed E-state index contributed by atoms with van der Waals surface area (Å²) in [6, 6.07) is 4.91. The van der Waals surface area contributed by atoms with Crippen molar-refractivity contribution in [1.82, 2.24) is 0 Å². The topological polar surface area (TPSA) is 114 Å². The summed E-state index contributed by atoms with van der Waals surface area (Å²) in [6.45, 7) is 0. The Morgan fingerprint density at radius 3 is 1.64 bits per heavy atom.